The van der Waals surface area contributed by atoms with E-state index in [9.17, 15) is 22.0 Å². The van der Waals surface area contributed by atoms with Gasteiger partial charge in [0.15, 0.2) is 0 Å². The van der Waals surface area contributed by atoms with E-state index in [2.05, 4.69) is 0 Å². The molecule has 0 saturated heterocycles. The molecule has 2 nitrogen and oxygen atoms in total. The lowest BCUT2D eigenvalue weighted by atomic mass is 10.5. The summed E-state index contributed by atoms with van der Waals surface area (Å²) in [5.41, 5.74) is 0. The number of hydrogen-bond donors (Lipinski definition) is 1. The lowest BCUT2D eigenvalue weighted by Crippen LogP contribution is -2.48. The van der Waals surface area contributed by atoms with Gasteiger partial charge < -0.3 is 0 Å². The summed E-state index contributed by atoms with van der Waals surface area (Å²) >= 11 is 0. The molecule has 0 bridgehead atoms. The summed E-state index contributed by atoms with van der Waals surface area (Å²) in [7, 11) is 0. The minimum Gasteiger partial charge on any atom is -0.281 e. The van der Waals surface area contributed by atoms with Gasteiger partial charge in [0.25, 0.3) is 0 Å². The van der Waals surface area contributed by atoms with Crippen molar-refractivity contribution in [2.75, 3.05) is 0 Å². The van der Waals surface area contributed by atoms with Gasteiger partial charge in [-0.25, -0.2) is 0 Å². The van der Waals surface area contributed by atoms with Crippen LogP contribution in [0.1, 0.15) is 0 Å². The molecule has 1 amide bonds. The molecule has 0 aliphatic heterocycles. The monoisotopic (exact) mass is 162 g/mol. The highest BCUT2D eigenvalue weighted by Crippen LogP contribution is 2.32. The fourth-order valence-electron chi connectivity index (χ4n) is 0.135. The van der Waals surface area contributed by atoms with Crippen LogP contribution >= 0.6 is 0 Å². The number of halogens is 5. The van der Waals surface area contributed by atoms with Crippen molar-refractivity contribution in [2.24, 2.45) is 0 Å². The van der Waals surface area contributed by atoms with Gasteiger partial charge in [0.2, 0.25) is 0 Å². The lowest BCUT2D eigenvalue weighted by Gasteiger charge is -2.16. The second kappa shape index (κ2) is 2.39. The minimum atomic E-state index is -5.76. The van der Waals surface area contributed by atoms with Crippen LogP contribution in [0, 0.1) is 0 Å². The molecular weight excluding hydrogens is 161 g/mol. The Bertz CT molecular complexity index is 129. The van der Waals surface area contributed by atoms with E-state index < -0.39 is 12.2 Å². The van der Waals surface area contributed by atoms with Gasteiger partial charge in [-0.1, -0.05) is 0 Å². The van der Waals surface area contributed by atoms with E-state index in [1.807, 2.05) is 0 Å². The summed E-state index contributed by atoms with van der Waals surface area (Å²) in [5.74, 6) is 0. The third kappa shape index (κ3) is 1.82. The summed E-state index contributed by atoms with van der Waals surface area (Å²) in [5, 5.41) is 0.198. The topological polar surface area (TPSA) is 29.1 Å². The summed E-state index contributed by atoms with van der Waals surface area (Å²) < 4.78 is 56.0. The Labute approximate surface area is 52.0 Å². The highest BCUT2D eigenvalue weighted by atomic mass is 19.4. The van der Waals surface area contributed by atoms with Gasteiger partial charge in [-0.2, -0.15) is 22.0 Å². The van der Waals surface area contributed by atoms with E-state index in [-0.39, 0.29) is 11.7 Å². The average Bonchev–Trinajstić information content (AvgIpc) is 1.61. The van der Waals surface area contributed by atoms with Crippen LogP contribution < -0.4 is 5.32 Å². The van der Waals surface area contributed by atoms with Crippen molar-refractivity contribution in [3.8, 4) is 0 Å². The van der Waals surface area contributed by atoms with Crippen molar-refractivity contribution in [1.29, 1.82) is 0 Å². The quantitative estimate of drug-likeness (QED) is 0.363. The van der Waals surface area contributed by atoms with E-state index in [1.54, 1.807) is 0 Å². The van der Waals surface area contributed by atoms with Crippen molar-refractivity contribution in [3.63, 3.8) is 0 Å². The molecule has 7 heteroatoms. The highest BCUT2D eigenvalue weighted by molar-refractivity contribution is 5.48. The molecule has 0 aliphatic carbocycles. The number of nitrogens with one attached hydrogen (secondary N) is 1. The van der Waals surface area contributed by atoms with Crippen molar-refractivity contribution < 1.29 is 26.7 Å². The molecule has 0 aromatic carbocycles. The van der Waals surface area contributed by atoms with E-state index >= 15 is 0 Å². The Kier molecular flexibility index (Phi) is 2.18. The zero-order chi connectivity index (χ0) is 8.41. The lowest BCUT2D eigenvalue weighted by molar-refractivity contribution is -0.288. The first kappa shape index (κ1) is 9.12. The number of carbonyl (C=O) groups excluding carboxylic acids is 1. The van der Waals surface area contributed by atoms with Crippen LogP contribution in [0.4, 0.5) is 22.0 Å². The number of alkyl halides is 5. The zero-order valence-corrected chi connectivity index (χ0v) is 4.30. The number of hydrogen-bond acceptors (Lipinski definition) is 1. The molecule has 1 N–H and O–H groups in total. The average molecular weight is 162 g/mol. The molecular formula is C3HF5NO. The largest absolute Gasteiger partial charge is 0.475 e. The highest BCUT2D eigenvalue weighted by Gasteiger charge is 2.58. The SMILES string of the molecule is O=[C]NC(F)(F)C(F)(F)F. The molecule has 0 unspecified atom stereocenters. The summed E-state index contributed by atoms with van der Waals surface area (Å²) in [6, 6.07) is -5.19. The third-order valence-corrected chi connectivity index (χ3v) is 0.564. The Morgan fingerprint density at radius 1 is 1.10 bits per heavy atom. The first-order valence-corrected chi connectivity index (χ1v) is 1.90. The molecule has 0 spiro atoms. The molecule has 10 heavy (non-hydrogen) atoms. The first-order valence-electron chi connectivity index (χ1n) is 1.90. The molecule has 0 aromatic rings. The van der Waals surface area contributed by atoms with Crippen LogP contribution in [-0.2, 0) is 4.79 Å². The molecule has 0 rings (SSSR count). The minimum absolute atomic E-state index is 0.198. The maximum atomic E-state index is 11.4. The molecule has 0 atom stereocenters. The maximum absolute atomic E-state index is 11.4. The van der Waals surface area contributed by atoms with Gasteiger partial charge in [0.05, 0.1) is 0 Å². The smallest absolute Gasteiger partial charge is 0.281 e. The van der Waals surface area contributed by atoms with Crippen molar-refractivity contribution in [2.45, 2.75) is 12.2 Å². The van der Waals surface area contributed by atoms with Crippen molar-refractivity contribution in [1.82, 2.24) is 5.32 Å². The molecule has 0 saturated carbocycles. The van der Waals surface area contributed by atoms with Gasteiger partial charge in [-0.05, 0) is 0 Å². The van der Waals surface area contributed by atoms with Crippen LogP contribution in [-0.4, -0.2) is 18.6 Å². The molecule has 59 valence electrons. The Morgan fingerprint density at radius 3 is 1.60 bits per heavy atom. The fourth-order valence-corrected chi connectivity index (χ4v) is 0.135. The second-order valence-corrected chi connectivity index (χ2v) is 1.30. The summed E-state index contributed by atoms with van der Waals surface area (Å²) in [4.78, 5) is 9.05. The molecule has 0 heterocycles. The Hall–Kier alpha value is -0.880. The van der Waals surface area contributed by atoms with Crippen LogP contribution in [0.3, 0.4) is 0 Å². The van der Waals surface area contributed by atoms with Gasteiger partial charge in [-0.3, -0.25) is 10.1 Å². The molecule has 0 aliphatic rings. The van der Waals surface area contributed by atoms with Crippen LogP contribution in [0.2, 0.25) is 0 Å². The van der Waals surface area contributed by atoms with Gasteiger partial charge in [0, 0.05) is 0 Å². The molecule has 0 fully saturated rings. The Balaban J connectivity index is 4.23. The maximum Gasteiger partial charge on any atom is 0.475 e. The summed E-state index contributed by atoms with van der Waals surface area (Å²) in [6.07, 6.45) is -5.52. The van der Waals surface area contributed by atoms with Gasteiger partial charge in [0.1, 0.15) is 0 Å². The van der Waals surface area contributed by atoms with Crippen LogP contribution in [0.15, 0.2) is 0 Å². The molecule has 1 radical (unpaired) electrons. The zero-order valence-electron chi connectivity index (χ0n) is 4.30. The van der Waals surface area contributed by atoms with E-state index in [1.165, 1.54) is 0 Å². The predicted molar refractivity (Wildman–Crippen MR) is 19.8 cm³/mol. The van der Waals surface area contributed by atoms with Crippen LogP contribution in [0.5, 0.6) is 0 Å². The predicted octanol–water partition coefficient (Wildman–Crippen LogP) is 0.798. The number of amides is 1. The van der Waals surface area contributed by atoms with Gasteiger partial charge in [-0.15, -0.1) is 0 Å². The number of rotatable bonds is 2. The summed E-state index contributed by atoms with van der Waals surface area (Å²) in [6.45, 7) is 0. The normalized spacial score (nSPS) is 12.9. The fraction of sp³-hybridized carbons (Fsp3) is 0.667. The van der Waals surface area contributed by atoms with Crippen LogP contribution in [0.25, 0.3) is 0 Å². The standard InChI is InChI=1S/C3HF5NO/c4-2(5,6)3(7,8)9-1-10/h(H,9,10). The molecule has 0 aromatic heterocycles. The third-order valence-electron chi connectivity index (χ3n) is 0.564. The van der Waals surface area contributed by atoms with Crippen molar-refractivity contribution in [3.05, 3.63) is 0 Å². The van der Waals surface area contributed by atoms with Crippen molar-refractivity contribution >= 4 is 6.41 Å². The first-order chi connectivity index (χ1) is 4.31. The van der Waals surface area contributed by atoms with Gasteiger partial charge >= 0.3 is 18.6 Å². The van der Waals surface area contributed by atoms with E-state index in [0.29, 0.717) is 0 Å². The van der Waals surface area contributed by atoms with E-state index in [0.717, 1.165) is 0 Å². The Morgan fingerprint density at radius 2 is 1.50 bits per heavy atom. The van der Waals surface area contributed by atoms with E-state index in [4.69, 9.17) is 4.79 Å². The second-order valence-electron chi connectivity index (χ2n) is 1.30.